The summed E-state index contributed by atoms with van der Waals surface area (Å²) in [6.07, 6.45) is 0. The van der Waals surface area contributed by atoms with Crippen LogP contribution in [0.4, 0.5) is 5.69 Å². The maximum absolute atomic E-state index is 12.7. The molecule has 0 atom stereocenters. The molecule has 0 bridgehead atoms. The van der Waals surface area contributed by atoms with Crippen LogP contribution in [0, 0.1) is 6.92 Å². The summed E-state index contributed by atoms with van der Waals surface area (Å²) in [6.45, 7) is 5.12. The zero-order valence-electron chi connectivity index (χ0n) is 16.9. The van der Waals surface area contributed by atoms with Crippen LogP contribution < -0.4 is 10.1 Å². The van der Waals surface area contributed by atoms with Gasteiger partial charge in [0.25, 0.3) is 5.91 Å². The first-order chi connectivity index (χ1) is 14.2. The molecule has 1 amide bonds. The van der Waals surface area contributed by atoms with Crippen molar-refractivity contribution in [3.63, 3.8) is 0 Å². The minimum Gasteiger partial charge on any atom is -0.506 e. The molecule has 3 aromatic carbocycles. The van der Waals surface area contributed by atoms with Gasteiger partial charge in [0.2, 0.25) is 0 Å². The molecule has 0 aromatic heterocycles. The highest BCUT2D eigenvalue weighted by atomic mass is 35.5. The fourth-order valence-electron chi connectivity index (χ4n) is 2.81. The van der Waals surface area contributed by atoms with E-state index in [1.165, 1.54) is 6.07 Å². The Morgan fingerprint density at radius 2 is 1.50 bits per heavy atom. The molecule has 3 rings (SSSR count). The van der Waals surface area contributed by atoms with Gasteiger partial charge < -0.3 is 15.2 Å². The Morgan fingerprint density at radius 3 is 2.10 bits per heavy atom. The minimum atomic E-state index is -1.21. The zero-order chi connectivity index (χ0) is 21.9. The number of anilines is 1. The van der Waals surface area contributed by atoms with Crippen molar-refractivity contribution >= 4 is 29.0 Å². The molecule has 30 heavy (non-hydrogen) atoms. The fraction of sp³-hybridized carbons (Fsp3) is 0.167. The third-order valence-electron chi connectivity index (χ3n) is 4.54. The van der Waals surface area contributed by atoms with E-state index in [4.69, 9.17) is 16.3 Å². The average molecular weight is 424 g/mol. The van der Waals surface area contributed by atoms with Crippen LogP contribution in [0.1, 0.15) is 35.3 Å². The number of rotatable bonds is 6. The summed E-state index contributed by atoms with van der Waals surface area (Å²) in [4.78, 5) is 25.2. The lowest BCUT2D eigenvalue weighted by molar-refractivity contribution is -0.128. The fourth-order valence-corrected chi connectivity index (χ4v) is 2.93. The molecule has 0 saturated carbocycles. The van der Waals surface area contributed by atoms with E-state index in [0.29, 0.717) is 27.6 Å². The molecule has 5 nitrogen and oxygen atoms in total. The Hall–Kier alpha value is -3.31. The third kappa shape index (κ3) is 4.99. The zero-order valence-corrected chi connectivity index (χ0v) is 17.7. The molecule has 0 aliphatic carbocycles. The summed E-state index contributed by atoms with van der Waals surface area (Å²) < 4.78 is 5.84. The van der Waals surface area contributed by atoms with Crippen LogP contribution in [0.15, 0.2) is 66.7 Å². The predicted octanol–water partition coefficient (Wildman–Crippen LogP) is 5.38. The number of aryl methyl sites for hydroxylation is 1. The second kappa shape index (κ2) is 8.59. The quantitative estimate of drug-likeness (QED) is 0.412. The molecule has 0 fully saturated rings. The predicted molar refractivity (Wildman–Crippen MR) is 118 cm³/mol. The third-order valence-corrected chi connectivity index (χ3v) is 4.79. The van der Waals surface area contributed by atoms with E-state index >= 15 is 0 Å². The average Bonchev–Trinajstić information content (AvgIpc) is 2.71. The molecule has 0 radical (unpaired) electrons. The number of carbonyl (C=O) groups excluding carboxylic acids is 2. The summed E-state index contributed by atoms with van der Waals surface area (Å²) in [5, 5.41) is 13.2. The number of nitrogens with one attached hydrogen (secondary N) is 1. The number of phenolic OH excluding ortho intramolecular Hbond substituents is 1. The van der Waals surface area contributed by atoms with E-state index in [1.807, 2.05) is 6.92 Å². The minimum absolute atomic E-state index is 0.0187. The van der Waals surface area contributed by atoms with E-state index in [0.717, 1.165) is 5.56 Å². The van der Waals surface area contributed by atoms with Gasteiger partial charge in [-0.25, -0.2) is 0 Å². The highest BCUT2D eigenvalue weighted by Crippen LogP contribution is 2.27. The standard InChI is InChI=1S/C24H22ClNO4/c1-15-4-13-21(27)20(14-15)26-23(29)24(2,3)30-19-11-7-17(8-12-19)22(28)16-5-9-18(25)10-6-16/h4-14,27H,1-3H3,(H,26,29). The van der Waals surface area contributed by atoms with E-state index in [-0.39, 0.29) is 11.5 Å². The van der Waals surface area contributed by atoms with Crippen LogP contribution in [0.2, 0.25) is 5.02 Å². The van der Waals surface area contributed by atoms with Gasteiger partial charge in [-0.05, 0) is 87.0 Å². The Kier molecular flexibility index (Phi) is 6.13. The number of aromatic hydroxyl groups is 1. The van der Waals surface area contributed by atoms with E-state index in [1.54, 1.807) is 74.5 Å². The molecule has 0 aliphatic rings. The SMILES string of the molecule is Cc1ccc(O)c(NC(=O)C(C)(C)Oc2ccc(C(=O)c3ccc(Cl)cc3)cc2)c1. The molecular weight excluding hydrogens is 402 g/mol. The first kappa shape index (κ1) is 21.4. The molecule has 0 spiro atoms. The number of ketones is 1. The Bertz CT molecular complexity index is 1070. The Labute approximate surface area is 180 Å². The number of halogens is 1. The van der Waals surface area contributed by atoms with Crippen molar-refractivity contribution in [3.8, 4) is 11.5 Å². The number of hydrogen-bond donors (Lipinski definition) is 2. The highest BCUT2D eigenvalue weighted by Gasteiger charge is 2.30. The van der Waals surface area contributed by atoms with Crippen molar-refractivity contribution in [2.75, 3.05) is 5.32 Å². The second-order valence-corrected chi connectivity index (χ2v) is 7.88. The molecule has 0 heterocycles. The van der Waals surface area contributed by atoms with E-state index in [9.17, 15) is 14.7 Å². The van der Waals surface area contributed by atoms with Crippen molar-refractivity contribution in [2.24, 2.45) is 0 Å². The number of amides is 1. The van der Waals surface area contributed by atoms with Crippen LogP contribution in [0.25, 0.3) is 0 Å². The van der Waals surface area contributed by atoms with Gasteiger partial charge in [-0.2, -0.15) is 0 Å². The van der Waals surface area contributed by atoms with Gasteiger partial charge in [-0.15, -0.1) is 0 Å². The summed E-state index contributed by atoms with van der Waals surface area (Å²) in [5.74, 6) is -0.124. The molecular formula is C24H22ClNO4. The Balaban J connectivity index is 1.70. The first-order valence-corrected chi connectivity index (χ1v) is 9.74. The summed E-state index contributed by atoms with van der Waals surface area (Å²) in [6, 6.07) is 18.2. The maximum atomic E-state index is 12.7. The number of carbonyl (C=O) groups is 2. The number of hydrogen-bond acceptors (Lipinski definition) is 4. The van der Waals surface area contributed by atoms with Crippen molar-refractivity contribution in [2.45, 2.75) is 26.4 Å². The molecule has 154 valence electrons. The van der Waals surface area contributed by atoms with Gasteiger partial charge in [-0.1, -0.05) is 17.7 Å². The topological polar surface area (TPSA) is 75.6 Å². The van der Waals surface area contributed by atoms with Crippen molar-refractivity contribution in [1.29, 1.82) is 0 Å². The number of benzene rings is 3. The van der Waals surface area contributed by atoms with Gasteiger partial charge in [0.05, 0.1) is 5.69 Å². The van der Waals surface area contributed by atoms with Gasteiger partial charge in [0, 0.05) is 16.1 Å². The monoisotopic (exact) mass is 423 g/mol. The summed E-state index contributed by atoms with van der Waals surface area (Å²) in [7, 11) is 0. The van der Waals surface area contributed by atoms with Crippen LogP contribution in [-0.2, 0) is 4.79 Å². The summed E-state index contributed by atoms with van der Waals surface area (Å²) in [5.41, 5.74) is 1.04. The first-order valence-electron chi connectivity index (χ1n) is 9.36. The van der Waals surface area contributed by atoms with Crippen molar-refractivity contribution in [1.82, 2.24) is 0 Å². The van der Waals surface area contributed by atoms with Crippen LogP contribution in [-0.4, -0.2) is 22.4 Å². The summed E-state index contributed by atoms with van der Waals surface area (Å²) >= 11 is 5.86. The van der Waals surface area contributed by atoms with Gasteiger partial charge in [-0.3, -0.25) is 9.59 Å². The largest absolute Gasteiger partial charge is 0.506 e. The second-order valence-electron chi connectivity index (χ2n) is 7.45. The van der Waals surface area contributed by atoms with Gasteiger partial charge in [0.1, 0.15) is 11.5 Å². The highest BCUT2D eigenvalue weighted by molar-refractivity contribution is 6.30. The molecule has 3 aromatic rings. The van der Waals surface area contributed by atoms with Crippen molar-refractivity contribution in [3.05, 3.63) is 88.4 Å². The van der Waals surface area contributed by atoms with Gasteiger partial charge >= 0.3 is 0 Å². The van der Waals surface area contributed by atoms with E-state index in [2.05, 4.69) is 5.32 Å². The number of phenols is 1. The van der Waals surface area contributed by atoms with Gasteiger partial charge in [0.15, 0.2) is 11.4 Å². The Morgan fingerprint density at radius 1 is 0.933 bits per heavy atom. The lowest BCUT2D eigenvalue weighted by Crippen LogP contribution is -2.42. The molecule has 2 N–H and O–H groups in total. The van der Waals surface area contributed by atoms with E-state index < -0.39 is 11.5 Å². The van der Waals surface area contributed by atoms with Crippen LogP contribution in [0.5, 0.6) is 11.5 Å². The molecule has 0 unspecified atom stereocenters. The number of ether oxygens (including phenoxy) is 1. The normalized spacial score (nSPS) is 11.1. The molecule has 6 heteroatoms. The smallest absolute Gasteiger partial charge is 0.268 e. The molecule has 0 saturated heterocycles. The molecule has 0 aliphatic heterocycles. The maximum Gasteiger partial charge on any atom is 0.268 e. The lowest BCUT2D eigenvalue weighted by Gasteiger charge is -2.25. The lowest BCUT2D eigenvalue weighted by atomic mass is 10.0. The van der Waals surface area contributed by atoms with Crippen LogP contribution >= 0.6 is 11.6 Å². The van der Waals surface area contributed by atoms with Crippen LogP contribution in [0.3, 0.4) is 0 Å². The van der Waals surface area contributed by atoms with Crippen molar-refractivity contribution < 1.29 is 19.4 Å².